The van der Waals surface area contributed by atoms with Crippen molar-refractivity contribution in [2.24, 2.45) is 4.99 Å². The van der Waals surface area contributed by atoms with E-state index in [1.165, 1.54) is 0 Å². The Balaban J connectivity index is 1.46. The maximum Gasteiger partial charge on any atom is 0.203 e. The fraction of sp³-hybridized carbons (Fsp3) is 0.219. The Morgan fingerprint density at radius 2 is 1.23 bits per heavy atom. The number of nitrogens with one attached hydrogen (secondary N) is 1. The molecule has 0 bridgehead atoms. The number of nitrogens with zero attached hydrogens (tertiary/aromatic N) is 1. The molecule has 0 fully saturated rings. The highest BCUT2D eigenvalue weighted by molar-refractivity contribution is 6.10. The van der Waals surface area contributed by atoms with E-state index in [2.05, 4.69) is 23.5 Å². The van der Waals surface area contributed by atoms with Gasteiger partial charge in [-0.3, -0.25) is 4.99 Å². The molecule has 7 nitrogen and oxygen atoms in total. The molecule has 0 aliphatic carbocycles. The van der Waals surface area contributed by atoms with E-state index in [-0.39, 0.29) is 0 Å². The fourth-order valence-electron chi connectivity index (χ4n) is 4.50. The van der Waals surface area contributed by atoms with Gasteiger partial charge in [0.2, 0.25) is 5.75 Å². The molecule has 1 aliphatic heterocycles. The fourth-order valence-corrected chi connectivity index (χ4v) is 4.50. The maximum atomic E-state index is 6.32. The van der Waals surface area contributed by atoms with E-state index in [4.69, 9.17) is 28.7 Å². The maximum absolute atomic E-state index is 6.32. The lowest BCUT2D eigenvalue weighted by molar-refractivity contribution is 0.255. The van der Waals surface area contributed by atoms with Crippen LogP contribution in [0.2, 0.25) is 0 Å². The average molecular weight is 525 g/mol. The number of anilines is 1. The minimum Gasteiger partial charge on any atom is -0.493 e. The van der Waals surface area contributed by atoms with Crippen LogP contribution in [0.5, 0.6) is 28.7 Å². The Hall–Kier alpha value is -4.65. The topological polar surface area (TPSA) is 70.5 Å². The third-order valence-corrected chi connectivity index (χ3v) is 6.48. The van der Waals surface area contributed by atoms with Crippen molar-refractivity contribution < 1.29 is 23.7 Å². The summed E-state index contributed by atoms with van der Waals surface area (Å²) in [5.41, 5.74) is 5.04. The summed E-state index contributed by atoms with van der Waals surface area (Å²) in [5.74, 6) is 3.77. The van der Waals surface area contributed by atoms with Crippen LogP contribution >= 0.6 is 0 Å². The van der Waals surface area contributed by atoms with Gasteiger partial charge in [0, 0.05) is 29.9 Å². The van der Waals surface area contributed by atoms with E-state index >= 15 is 0 Å². The number of ether oxygens (including phenoxy) is 5. The van der Waals surface area contributed by atoms with Crippen LogP contribution in [-0.4, -0.2) is 33.7 Å². The van der Waals surface area contributed by atoms with Crippen LogP contribution in [0, 0.1) is 0 Å². The van der Waals surface area contributed by atoms with Crippen LogP contribution in [0.25, 0.3) is 0 Å². The number of aliphatic imine (C=N–C) groups is 1. The van der Waals surface area contributed by atoms with Gasteiger partial charge in [0.05, 0.1) is 21.3 Å². The minimum absolute atomic E-state index is 0.425. The Kier molecular flexibility index (Phi) is 8.17. The molecule has 39 heavy (non-hydrogen) atoms. The second-order valence-electron chi connectivity index (χ2n) is 9.02. The third-order valence-electron chi connectivity index (χ3n) is 6.48. The average Bonchev–Trinajstić information content (AvgIpc) is 2.99. The minimum atomic E-state index is 0.425. The molecule has 200 valence electrons. The first-order chi connectivity index (χ1) is 19.2. The second-order valence-corrected chi connectivity index (χ2v) is 9.02. The molecule has 5 rings (SSSR count). The molecule has 4 aromatic carbocycles. The van der Waals surface area contributed by atoms with Crippen molar-refractivity contribution in [2.75, 3.05) is 33.2 Å². The van der Waals surface area contributed by atoms with E-state index < -0.39 is 0 Å². The van der Waals surface area contributed by atoms with E-state index in [1.807, 2.05) is 66.7 Å². The van der Waals surface area contributed by atoms with Gasteiger partial charge in [-0.05, 0) is 35.2 Å². The normalized spacial score (nSPS) is 12.1. The smallest absolute Gasteiger partial charge is 0.203 e. The molecule has 1 heterocycles. The zero-order chi connectivity index (χ0) is 27.0. The summed E-state index contributed by atoms with van der Waals surface area (Å²) in [6.45, 7) is 1.53. The predicted octanol–water partition coefficient (Wildman–Crippen LogP) is 6.29. The van der Waals surface area contributed by atoms with Gasteiger partial charge in [0.1, 0.15) is 19.0 Å². The second kappa shape index (κ2) is 12.3. The van der Waals surface area contributed by atoms with Crippen molar-refractivity contribution in [1.82, 2.24) is 0 Å². The predicted molar refractivity (Wildman–Crippen MR) is 153 cm³/mol. The summed E-state index contributed by atoms with van der Waals surface area (Å²) in [6, 6.07) is 28.0. The molecule has 7 heteroatoms. The van der Waals surface area contributed by atoms with Crippen molar-refractivity contribution in [2.45, 2.75) is 19.6 Å². The van der Waals surface area contributed by atoms with Crippen LogP contribution in [0.15, 0.2) is 89.9 Å². The van der Waals surface area contributed by atoms with Crippen LogP contribution in [0.4, 0.5) is 5.69 Å². The highest BCUT2D eigenvalue weighted by atomic mass is 16.5. The van der Waals surface area contributed by atoms with Gasteiger partial charge in [-0.1, -0.05) is 60.7 Å². The number of methoxy groups -OCH3 is 3. The van der Waals surface area contributed by atoms with Crippen molar-refractivity contribution in [3.63, 3.8) is 0 Å². The molecule has 0 unspecified atom stereocenters. The van der Waals surface area contributed by atoms with Gasteiger partial charge in [0.15, 0.2) is 23.0 Å². The zero-order valence-electron chi connectivity index (χ0n) is 22.4. The van der Waals surface area contributed by atoms with Gasteiger partial charge in [-0.25, -0.2) is 0 Å². The van der Waals surface area contributed by atoms with Gasteiger partial charge < -0.3 is 29.0 Å². The lowest BCUT2D eigenvalue weighted by Gasteiger charge is -2.22. The molecule has 0 spiro atoms. The summed E-state index contributed by atoms with van der Waals surface area (Å²) < 4.78 is 29.1. The number of hydrogen-bond donors (Lipinski definition) is 1. The number of amidine groups is 1. The van der Waals surface area contributed by atoms with Crippen LogP contribution in [-0.2, 0) is 19.6 Å². The molecule has 1 N–H and O–H groups in total. The molecule has 1 aliphatic rings. The van der Waals surface area contributed by atoms with Gasteiger partial charge in [0.25, 0.3) is 0 Å². The summed E-state index contributed by atoms with van der Waals surface area (Å²) >= 11 is 0. The zero-order valence-corrected chi connectivity index (χ0v) is 22.4. The molecule has 0 saturated carbocycles. The van der Waals surface area contributed by atoms with E-state index in [9.17, 15) is 0 Å². The van der Waals surface area contributed by atoms with Gasteiger partial charge >= 0.3 is 0 Å². The molecule has 0 radical (unpaired) electrons. The summed E-state index contributed by atoms with van der Waals surface area (Å²) in [5, 5.41) is 3.45. The molecule has 0 saturated heterocycles. The highest BCUT2D eigenvalue weighted by Gasteiger charge is 2.21. The van der Waals surface area contributed by atoms with Crippen molar-refractivity contribution >= 4 is 11.5 Å². The number of benzene rings is 4. The Bertz CT molecular complexity index is 1410. The lowest BCUT2D eigenvalue weighted by atomic mass is 9.99. The summed E-state index contributed by atoms with van der Waals surface area (Å²) in [6.07, 6.45) is 0.802. The number of hydrogen-bond acceptors (Lipinski definition) is 7. The van der Waals surface area contributed by atoms with E-state index in [0.29, 0.717) is 48.5 Å². The van der Waals surface area contributed by atoms with Crippen molar-refractivity contribution in [3.05, 3.63) is 107 Å². The number of fused-ring (bicyclic) bond motifs is 1. The molecular formula is C32H32N2O5. The Labute approximate surface area is 229 Å². The highest BCUT2D eigenvalue weighted by Crippen LogP contribution is 2.40. The van der Waals surface area contributed by atoms with Crippen molar-refractivity contribution in [3.8, 4) is 28.7 Å². The molecular weight excluding hydrogens is 492 g/mol. The Morgan fingerprint density at radius 1 is 0.667 bits per heavy atom. The number of rotatable bonds is 10. The summed E-state index contributed by atoms with van der Waals surface area (Å²) in [4.78, 5) is 4.80. The standard InChI is InChI=1S/C32H32N2O5/c1-35-29-17-25(18-30(36-2)31(29)37-3)34-32-26-19-28(39-21-23-12-8-5-9-13-23)27(16-24(26)14-15-33-32)38-20-22-10-6-4-7-11-22/h4-13,16-19H,14-15,20-21H2,1-3H3,(H,33,34). The van der Waals surface area contributed by atoms with Crippen LogP contribution in [0.1, 0.15) is 22.3 Å². The van der Waals surface area contributed by atoms with Gasteiger partial charge in [-0.2, -0.15) is 0 Å². The third kappa shape index (κ3) is 6.09. The van der Waals surface area contributed by atoms with Crippen LogP contribution in [0.3, 0.4) is 0 Å². The van der Waals surface area contributed by atoms with Crippen molar-refractivity contribution in [1.29, 1.82) is 0 Å². The molecule has 0 aromatic heterocycles. The van der Waals surface area contributed by atoms with Crippen LogP contribution < -0.4 is 29.0 Å². The molecule has 0 amide bonds. The first kappa shape index (κ1) is 26.0. The monoisotopic (exact) mass is 524 g/mol. The molecule has 4 aromatic rings. The first-order valence-electron chi connectivity index (χ1n) is 12.8. The van der Waals surface area contributed by atoms with E-state index in [1.54, 1.807) is 21.3 Å². The van der Waals surface area contributed by atoms with E-state index in [0.717, 1.165) is 40.2 Å². The van der Waals surface area contributed by atoms with Gasteiger partial charge in [-0.15, -0.1) is 0 Å². The molecule has 0 atom stereocenters. The summed E-state index contributed by atoms with van der Waals surface area (Å²) in [7, 11) is 4.78. The SMILES string of the molecule is COc1cc(NC2=NCCc3cc(OCc4ccccc4)c(OCc4ccccc4)cc32)cc(OC)c1OC. The lowest BCUT2D eigenvalue weighted by Crippen LogP contribution is -2.21. The first-order valence-corrected chi connectivity index (χ1v) is 12.8. The quantitative estimate of drug-likeness (QED) is 0.263. The Morgan fingerprint density at radius 3 is 1.77 bits per heavy atom. The largest absolute Gasteiger partial charge is 0.493 e.